The van der Waals surface area contributed by atoms with E-state index in [1.54, 1.807) is 6.92 Å². The number of carbonyl (C=O) groups is 2. The van der Waals surface area contributed by atoms with Gasteiger partial charge in [0, 0.05) is 12.6 Å². The van der Waals surface area contributed by atoms with Crippen molar-refractivity contribution < 1.29 is 14.3 Å². The van der Waals surface area contributed by atoms with Gasteiger partial charge < -0.3 is 10.1 Å². The molecule has 0 aromatic carbocycles. The first-order valence-electron chi connectivity index (χ1n) is 9.23. The molecule has 0 saturated heterocycles. The quantitative estimate of drug-likeness (QED) is 0.699. The minimum Gasteiger partial charge on any atom is -0.462 e. The molecule has 27 heavy (non-hydrogen) atoms. The van der Waals surface area contributed by atoms with Crippen LogP contribution in [0.2, 0.25) is 0 Å². The number of nitrogens with zero attached hydrogens (tertiary/aromatic N) is 2. The van der Waals surface area contributed by atoms with E-state index in [0.717, 1.165) is 31.2 Å². The van der Waals surface area contributed by atoms with E-state index in [0.29, 0.717) is 23.0 Å². The lowest BCUT2D eigenvalue weighted by atomic mass is 10.1. The van der Waals surface area contributed by atoms with Crippen molar-refractivity contribution in [2.75, 3.05) is 11.9 Å². The molecule has 2 heterocycles. The maximum atomic E-state index is 12.6. The number of rotatable bonds is 8. The molecule has 0 radical (unpaired) electrons. The van der Waals surface area contributed by atoms with Crippen LogP contribution in [0.3, 0.4) is 0 Å². The van der Waals surface area contributed by atoms with Crippen molar-refractivity contribution in [3.05, 3.63) is 44.7 Å². The monoisotopic (exact) mass is 389 g/mol. The number of aromatic nitrogens is 2. The zero-order valence-corrected chi connectivity index (χ0v) is 16.3. The fourth-order valence-corrected chi connectivity index (χ4v) is 3.80. The molecule has 1 amide bonds. The average molecular weight is 389 g/mol. The zero-order valence-electron chi connectivity index (χ0n) is 15.5. The van der Waals surface area contributed by atoms with E-state index in [-0.39, 0.29) is 17.9 Å². The fraction of sp³-hybridized carbons (Fsp3) is 0.474. The van der Waals surface area contributed by atoms with E-state index < -0.39 is 11.9 Å². The molecular formula is C19H23N3O4S. The molecular weight excluding hydrogens is 366 g/mol. The highest BCUT2D eigenvalue weighted by Gasteiger charge is 2.32. The minimum atomic E-state index is -0.449. The molecule has 2 aromatic heterocycles. The number of carbonyl (C=O) groups excluding carboxylic acids is 2. The van der Waals surface area contributed by atoms with Crippen molar-refractivity contribution in [1.82, 2.24) is 9.78 Å². The minimum absolute atomic E-state index is 0.141. The molecule has 0 spiro atoms. The van der Waals surface area contributed by atoms with Crippen molar-refractivity contribution in [3.63, 3.8) is 0 Å². The molecule has 144 valence electrons. The highest BCUT2D eigenvalue weighted by atomic mass is 32.1. The van der Waals surface area contributed by atoms with Gasteiger partial charge in [0.15, 0.2) is 0 Å². The molecule has 1 aliphatic rings. The van der Waals surface area contributed by atoms with E-state index in [9.17, 15) is 14.4 Å². The average Bonchev–Trinajstić information content (AvgIpc) is 3.41. The van der Waals surface area contributed by atoms with Crippen LogP contribution in [0.25, 0.3) is 0 Å². The third kappa shape index (κ3) is 4.44. The van der Waals surface area contributed by atoms with Gasteiger partial charge in [0.25, 0.3) is 11.5 Å². The van der Waals surface area contributed by atoms with Crippen LogP contribution >= 0.6 is 11.3 Å². The molecule has 1 aliphatic carbocycles. The lowest BCUT2D eigenvalue weighted by molar-refractivity contribution is 0.0527. The van der Waals surface area contributed by atoms with Gasteiger partial charge in [-0.05, 0) is 49.1 Å². The van der Waals surface area contributed by atoms with Crippen molar-refractivity contribution in [2.24, 2.45) is 0 Å². The molecule has 8 heteroatoms. The van der Waals surface area contributed by atoms with Gasteiger partial charge in [-0.1, -0.05) is 13.3 Å². The van der Waals surface area contributed by atoms with E-state index in [4.69, 9.17) is 4.74 Å². The summed E-state index contributed by atoms with van der Waals surface area (Å²) in [5.74, 6) is -0.507. The lowest BCUT2D eigenvalue weighted by Crippen LogP contribution is -2.26. The number of hydrogen-bond donors (Lipinski definition) is 1. The maximum absolute atomic E-state index is 12.6. The number of aryl methyl sites for hydroxylation is 1. The Kier molecular flexibility index (Phi) is 6.05. The molecule has 0 atom stereocenters. The first kappa shape index (κ1) is 19.3. The topological polar surface area (TPSA) is 90.3 Å². The number of ether oxygens (including phenoxy) is 1. The molecule has 3 rings (SSSR count). The Morgan fingerprint density at radius 1 is 1.33 bits per heavy atom. The molecule has 0 unspecified atom stereocenters. The van der Waals surface area contributed by atoms with Gasteiger partial charge in [0.1, 0.15) is 10.7 Å². The number of thiophene rings is 1. The standard InChI is InChI=1S/C19H23N3O4S/c1-3-5-10-22-15(23)9-8-14(21-22)17(24)20-18-16(19(25)26-4-2)13(11-27-18)12-6-7-12/h8-9,11-12H,3-7,10H2,1-2H3,(H,20,24). The third-order valence-electron chi connectivity index (χ3n) is 4.37. The van der Waals surface area contributed by atoms with E-state index in [2.05, 4.69) is 10.4 Å². The molecule has 7 nitrogen and oxygen atoms in total. The summed E-state index contributed by atoms with van der Waals surface area (Å²) in [5.41, 5.74) is 1.29. The summed E-state index contributed by atoms with van der Waals surface area (Å²) in [4.78, 5) is 36.9. The fourth-order valence-electron chi connectivity index (χ4n) is 2.78. The number of nitrogens with one attached hydrogen (secondary N) is 1. The first-order valence-corrected chi connectivity index (χ1v) is 10.1. The Hall–Kier alpha value is -2.48. The Balaban J connectivity index is 1.84. The molecule has 1 fully saturated rings. The lowest BCUT2D eigenvalue weighted by Gasteiger charge is -2.09. The summed E-state index contributed by atoms with van der Waals surface area (Å²) in [5, 5.41) is 9.30. The number of unbranched alkanes of at least 4 members (excludes halogenated alkanes) is 1. The van der Waals surface area contributed by atoms with E-state index in [1.165, 1.54) is 28.2 Å². The van der Waals surface area contributed by atoms with Crippen LogP contribution in [0.1, 0.15) is 71.9 Å². The van der Waals surface area contributed by atoms with Crippen LogP contribution in [-0.4, -0.2) is 28.3 Å². The highest BCUT2D eigenvalue weighted by Crippen LogP contribution is 2.46. The van der Waals surface area contributed by atoms with Crippen molar-refractivity contribution in [3.8, 4) is 0 Å². The van der Waals surface area contributed by atoms with Gasteiger partial charge in [-0.25, -0.2) is 9.48 Å². The molecule has 1 saturated carbocycles. The van der Waals surface area contributed by atoms with E-state index in [1.807, 2.05) is 12.3 Å². The summed E-state index contributed by atoms with van der Waals surface area (Å²) < 4.78 is 6.47. The maximum Gasteiger partial charge on any atom is 0.341 e. The Morgan fingerprint density at radius 3 is 2.78 bits per heavy atom. The molecule has 2 aromatic rings. The summed E-state index contributed by atoms with van der Waals surface area (Å²) in [6.07, 6.45) is 3.81. The van der Waals surface area contributed by atoms with Crippen molar-refractivity contribution in [1.29, 1.82) is 0 Å². The highest BCUT2D eigenvalue weighted by molar-refractivity contribution is 7.15. The van der Waals surface area contributed by atoms with Gasteiger partial charge in [-0.15, -0.1) is 11.3 Å². The predicted molar refractivity (Wildman–Crippen MR) is 104 cm³/mol. The number of amides is 1. The Morgan fingerprint density at radius 2 is 2.11 bits per heavy atom. The van der Waals surface area contributed by atoms with Crippen LogP contribution in [0, 0.1) is 0 Å². The van der Waals surface area contributed by atoms with Crippen LogP contribution in [-0.2, 0) is 11.3 Å². The van der Waals surface area contributed by atoms with Crippen molar-refractivity contribution >= 4 is 28.2 Å². The van der Waals surface area contributed by atoms with Gasteiger partial charge in [-0.2, -0.15) is 5.10 Å². The van der Waals surface area contributed by atoms with Gasteiger partial charge in [0.2, 0.25) is 0 Å². The van der Waals surface area contributed by atoms with E-state index >= 15 is 0 Å². The van der Waals surface area contributed by atoms with Crippen LogP contribution < -0.4 is 10.9 Å². The van der Waals surface area contributed by atoms with Crippen LogP contribution in [0.5, 0.6) is 0 Å². The number of esters is 1. The second kappa shape index (κ2) is 8.47. The largest absolute Gasteiger partial charge is 0.462 e. The third-order valence-corrected chi connectivity index (χ3v) is 5.28. The van der Waals surface area contributed by atoms with Gasteiger partial charge >= 0.3 is 5.97 Å². The summed E-state index contributed by atoms with van der Waals surface area (Å²) in [7, 11) is 0. The Bertz CT molecular complexity index is 899. The summed E-state index contributed by atoms with van der Waals surface area (Å²) >= 11 is 1.31. The predicted octanol–water partition coefficient (Wildman–Crippen LogP) is 3.41. The summed E-state index contributed by atoms with van der Waals surface area (Å²) in [6.45, 7) is 4.51. The number of hydrogen-bond acceptors (Lipinski definition) is 6. The second-order valence-electron chi connectivity index (χ2n) is 6.48. The van der Waals surface area contributed by atoms with Crippen LogP contribution in [0.4, 0.5) is 5.00 Å². The Labute approximate surface area is 161 Å². The molecule has 0 bridgehead atoms. The number of anilines is 1. The molecule has 0 aliphatic heterocycles. The normalized spacial score (nSPS) is 13.4. The SMILES string of the molecule is CCCCn1nc(C(=O)Nc2scc(C3CC3)c2C(=O)OCC)ccc1=O. The van der Waals surface area contributed by atoms with Gasteiger partial charge in [-0.3, -0.25) is 9.59 Å². The van der Waals surface area contributed by atoms with Crippen molar-refractivity contribution in [2.45, 2.75) is 52.0 Å². The second-order valence-corrected chi connectivity index (χ2v) is 7.36. The zero-order chi connectivity index (χ0) is 19.4. The molecule has 1 N–H and O–H groups in total. The first-order chi connectivity index (χ1) is 13.0. The van der Waals surface area contributed by atoms with Crippen LogP contribution in [0.15, 0.2) is 22.3 Å². The smallest absolute Gasteiger partial charge is 0.341 e. The van der Waals surface area contributed by atoms with Gasteiger partial charge in [0.05, 0.1) is 12.2 Å². The summed E-state index contributed by atoms with van der Waals surface area (Å²) in [6, 6.07) is 2.74.